The molecule has 0 unspecified atom stereocenters. The van der Waals surface area contributed by atoms with Gasteiger partial charge in [0.1, 0.15) is 5.75 Å². The van der Waals surface area contributed by atoms with Crippen LogP contribution in [0.1, 0.15) is 28.8 Å². The van der Waals surface area contributed by atoms with E-state index in [1.807, 2.05) is 18.2 Å². The Labute approximate surface area is 161 Å². The third-order valence-corrected chi connectivity index (χ3v) is 4.88. The van der Waals surface area contributed by atoms with Crippen LogP contribution in [0, 0.1) is 5.92 Å². The summed E-state index contributed by atoms with van der Waals surface area (Å²) in [5.74, 6) is 1.33. The zero-order chi connectivity index (χ0) is 18.9. The van der Waals surface area contributed by atoms with E-state index in [2.05, 4.69) is 33.4 Å². The second-order valence-electron chi connectivity index (χ2n) is 6.86. The second-order valence-corrected chi connectivity index (χ2v) is 6.86. The number of hydrogen-bond donors (Lipinski definition) is 1. The number of carbonyl (C=O) groups excluding carboxylic acids is 1. The molecule has 0 spiro atoms. The molecule has 1 aromatic heterocycles. The number of para-hydroxylation sites is 1. The maximum atomic E-state index is 12.2. The maximum Gasteiger partial charge on any atom is 0.252 e. The molecule has 0 bridgehead atoms. The molecule has 142 valence electrons. The van der Waals surface area contributed by atoms with Crippen LogP contribution in [0.4, 0.5) is 0 Å². The molecule has 1 aliphatic rings. The minimum absolute atomic E-state index is 0.0451. The fraction of sp³-hybridized carbons (Fsp3) is 0.364. The van der Waals surface area contributed by atoms with E-state index in [-0.39, 0.29) is 5.91 Å². The van der Waals surface area contributed by atoms with E-state index in [9.17, 15) is 4.79 Å². The highest BCUT2D eigenvalue weighted by molar-refractivity contribution is 5.93. The topological polar surface area (TPSA) is 54.5 Å². The lowest BCUT2D eigenvalue weighted by molar-refractivity contribution is 0.0934. The normalized spacial score (nSPS) is 17.7. The van der Waals surface area contributed by atoms with Crippen LogP contribution >= 0.6 is 0 Å². The van der Waals surface area contributed by atoms with Gasteiger partial charge in [-0.1, -0.05) is 30.4 Å². The first-order valence-electron chi connectivity index (χ1n) is 9.46. The molecular formula is C22H27N3O2. The second kappa shape index (κ2) is 9.88. The third-order valence-electron chi connectivity index (χ3n) is 4.88. The van der Waals surface area contributed by atoms with Gasteiger partial charge in [0.2, 0.25) is 0 Å². The van der Waals surface area contributed by atoms with Crippen molar-refractivity contribution in [3.8, 4) is 5.75 Å². The first-order valence-corrected chi connectivity index (χ1v) is 9.46. The molecule has 1 amide bonds. The van der Waals surface area contributed by atoms with Crippen LogP contribution in [-0.2, 0) is 0 Å². The van der Waals surface area contributed by atoms with Crippen molar-refractivity contribution in [2.45, 2.75) is 12.8 Å². The first-order chi connectivity index (χ1) is 13.3. The summed E-state index contributed by atoms with van der Waals surface area (Å²) in [6.07, 6.45) is 9.90. The van der Waals surface area contributed by atoms with Crippen molar-refractivity contribution >= 4 is 12.0 Å². The van der Waals surface area contributed by atoms with Crippen molar-refractivity contribution in [2.75, 3.05) is 33.3 Å². The summed E-state index contributed by atoms with van der Waals surface area (Å²) < 4.78 is 5.39. The fourth-order valence-corrected chi connectivity index (χ4v) is 3.45. The molecular weight excluding hydrogens is 338 g/mol. The minimum atomic E-state index is -0.0451. The van der Waals surface area contributed by atoms with Gasteiger partial charge in [-0.3, -0.25) is 14.7 Å². The van der Waals surface area contributed by atoms with Gasteiger partial charge in [-0.2, -0.15) is 0 Å². The number of methoxy groups -OCH3 is 1. The van der Waals surface area contributed by atoms with Crippen molar-refractivity contribution < 1.29 is 9.53 Å². The number of pyridine rings is 1. The van der Waals surface area contributed by atoms with Gasteiger partial charge >= 0.3 is 0 Å². The standard InChI is InChI=1S/C22H27N3O2/c1-27-21-11-3-2-8-19(21)10-6-14-25-13-5-7-18(17-25)15-24-22(26)20-9-4-12-23-16-20/h2-4,6,8-12,16,18H,5,7,13-15,17H2,1H3,(H,24,26)/b10-6+/t18-/m1/s1. The molecule has 1 atom stereocenters. The Morgan fingerprint density at radius 3 is 3.04 bits per heavy atom. The van der Waals surface area contributed by atoms with Crippen molar-refractivity contribution in [2.24, 2.45) is 5.92 Å². The number of aromatic nitrogens is 1. The lowest BCUT2D eigenvalue weighted by Crippen LogP contribution is -2.41. The Hall–Kier alpha value is -2.66. The van der Waals surface area contributed by atoms with Gasteiger partial charge in [0, 0.05) is 37.6 Å². The Morgan fingerprint density at radius 1 is 1.33 bits per heavy atom. The molecule has 5 heteroatoms. The number of hydrogen-bond acceptors (Lipinski definition) is 4. The molecule has 27 heavy (non-hydrogen) atoms. The van der Waals surface area contributed by atoms with Crippen LogP contribution in [-0.4, -0.2) is 49.1 Å². The summed E-state index contributed by atoms with van der Waals surface area (Å²) in [7, 11) is 1.70. The predicted molar refractivity (Wildman–Crippen MR) is 108 cm³/mol. The number of piperidine rings is 1. The van der Waals surface area contributed by atoms with Crippen molar-refractivity contribution in [1.82, 2.24) is 15.2 Å². The number of ether oxygens (including phenoxy) is 1. The highest BCUT2D eigenvalue weighted by atomic mass is 16.5. The molecule has 2 aromatic rings. The molecule has 1 fully saturated rings. The van der Waals surface area contributed by atoms with Crippen LogP contribution in [0.3, 0.4) is 0 Å². The monoisotopic (exact) mass is 365 g/mol. The predicted octanol–water partition coefficient (Wildman–Crippen LogP) is 3.25. The molecule has 1 saturated heterocycles. The number of likely N-dealkylation sites (tertiary alicyclic amines) is 1. The summed E-state index contributed by atoms with van der Waals surface area (Å²) in [4.78, 5) is 18.6. The molecule has 1 aliphatic heterocycles. The van der Waals surface area contributed by atoms with E-state index >= 15 is 0 Å². The highest BCUT2D eigenvalue weighted by Crippen LogP contribution is 2.19. The van der Waals surface area contributed by atoms with Crippen molar-refractivity contribution in [3.05, 3.63) is 66.0 Å². The van der Waals surface area contributed by atoms with Crippen LogP contribution in [0.5, 0.6) is 5.75 Å². The lowest BCUT2D eigenvalue weighted by Gasteiger charge is -2.32. The van der Waals surface area contributed by atoms with E-state index < -0.39 is 0 Å². The number of nitrogens with zero attached hydrogens (tertiary/aromatic N) is 2. The quantitative estimate of drug-likeness (QED) is 0.818. The number of nitrogens with one attached hydrogen (secondary N) is 1. The molecule has 0 saturated carbocycles. The molecule has 1 aromatic carbocycles. The van der Waals surface area contributed by atoms with E-state index in [1.165, 1.54) is 0 Å². The van der Waals surface area contributed by atoms with Gasteiger partial charge < -0.3 is 10.1 Å². The average Bonchev–Trinajstić information content (AvgIpc) is 2.73. The molecule has 5 nitrogen and oxygen atoms in total. The van der Waals surface area contributed by atoms with Crippen molar-refractivity contribution in [3.63, 3.8) is 0 Å². The SMILES string of the molecule is COc1ccccc1/C=C/CN1CCC[C@H](CNC(=O)c2cccnc2)C1. The van der Waals surface area contributed by atoms with E-state index in [4.69, 9.17) is 4.74 Å². The zero-order valence-electron chi connectivity index (χ0n) is 15.8. The van der Waals surface area contributed by atoms with Gasteiger partial charge in [-0.25, -0.2) is 0 Å². The molecule has 2 heterocycles. The number of carbonyl (C=O) groups is 1. The van der Waals surface area contributed by atoms with Crippen LogP contribution in [0.15, 0.2) is 54.9 Å². The largest absolute Gasteiger partial charge is 0.496 e. The van der Waals surface area contributed by atoms with Crippen LogP contribution in [0.2, 0.25) is 0 Å². The summed E-state index contributed by atoms with van der Waals surface area (Å²) in [5, 5.41) is 3.05. The fourth-order valence-electron chi connectivity index (χ4n) is 3.45. The number of amides is 1. The number of benzene rings is 1. The molecule has 0 radical (unpaired) electrons. The molecule has 0 aliphatic carbocycles. The van der Waals surface area contributed by atoms with Crippen molar-refractivity contribution in [1.29, 1.82) is 0 Å². The lowest BCUT2D eigenvalue weighted by atomic mass is 9.98. The van der Waals surface area contributed by atoms with E-state index in [1.54, 1.807) is 31.6 Å². The maximum absolute atomic E-state index is 12.2. The Kier molecular flexibility index (Phi) is 6.99. The van der Waals surface area contributed by atoms with Gasteiger partial charge in [0.15, 0.2) is 0 Å². The van der Waals surface area contributed by atoms with Gasteiger partial charge in [-0.15, -0.1) is 0 Å². The summed E-state index contributed by atoms with van der Waals surface area (Å²) in [6, 6.07) is 11.6. The van der Waals surface area contributed by atoms with Gasteiger partial charge in [-0.05, 0) is 43.5 Å². The summed E-state index contributed by atoms with van der Waals surface area (Å²) >= 11 is 0. The zero-order valence-corrected chi connectivity index (χ0v) is 15.8. The highest BCUT2D eigenvalue weighted by Gasteiger charge is 2.19. The van der Waals surface area contributed by atoms with Gasteiger partial charge in [0.05, 0.1) is 12.7 Å². The minimum Gasteiger partial charge on any atom is -0.496 e. The molecule has 3 rings (SSSR count). The first kappa shape index (κ1) is 19.1. The third kappa shape index (κ3) is 5.66. The van der Waals surface area contributed by atoms with Gasteiger partial charge in [0.25, 0.3) is 5.91 Å². The Balaban J connectivity index is 1.46. The summed E-state index contributed by atoms with van der Waals surface area (Å²) in [6.45, 7) is 3.72. The Bertz CT molecular complexity index is 761. The Morgan fingerprint density at radius 2 is 2.22 bits per heavy atom. The molecule has 1 N–H and O–H groups in total. The van der Waals surface area contributed by atoms with Crippen LogP contribution < -0.4 is 10.1 Å². The summed E-state index contributed by atoms with van der Waals surface area (Å²) in [5.41, 5.74) is 1.71. The number of rotatable bonds is 7. The van der Waals surface area contributed by atoms with E-state index in [0.717, 1.165) is 43.8 Å². The smallest absolute Gasteiger partial charge is 0.252 e. The van der Waals surface area contributed by atoms with E-state index in [0.29, 0.717) is 18.0 Å². The van der Waals surface area contributed by atoms with Crippen LogP contribution in [0.25, 0.3) is 6.08 Å². The average molecular weight is 365 g/mol.